The zero-order chi connectivity index (χ0) is 10.8. The predicted molar refractivity (Wildman–Crippen MR) is 68.7 cm³/mol. The summed E-state index contributed by atoms with van der Waals surface area (Å²) in [7, 11) is 0. The second-order valence-electron chi connectivity index (χ2n) is 5.01. The van der Waals surface area contributed by atoms with Gasteiger partial charge in [-0.05, 0) is 55.8 Å². The Morgan fingerprint density at radius 2 is 2.12 bits per heavy atom. The molecule has 2 nitrogen and oxygen atoms in total. The molecule has 1 aromatic rings. The summed E-state index contributed by atoms with van der Waals surface area (Å²) in [6, 6.07) is 3.13. The molecule has 1 N–H and O–H groups in total. The standard InChI is InChI=1S/C13H20N2S/c1-2-7-15(6-1)10-11-5-8-16-13(11)9-14-12-3-4-12/h5,8,12,14H,1-4,6-7,9-10H2. The monoisotopic (exact) mass is 236 g/mol. The van der Waals surface area contributed by atoms with Crippen LogP contribution in [0.5, 0.6) is 0 Å². The lowest BCUT2D eigenvalue weighted by molar-refractivity contribution is 0.330. The predicted octanol–water partition coefficient (Wildman–Crippen LogP) is 2.60. The first-order valence-electron chi connectivity index (χ1n) is 6.43. The van der Waals surface area contributed by atoms with E-state index >= 15 is 0 Å². The van der Waals surface area contributed by atoms with E-state index in [9.17, 15) is 0 Å². The summed E-state index contributed by atoms with van der Waals surface area (Å²) >= 11 is 1.91. The minimum Gasteiger partial charge on any atom is -0.309 e. The highest BCUT2D eigenvalue weighted by molar-refractivity contribution is 7.10. The molecule has 1 aliphatic heterocycles. The quantitative estimate of drug-likeness (QED) is 0.845. The molecule has 3 rings (SSSR count). The third-order valence-corrected chi connectivity index (χ3v) is 4.52. The molecule has 3 heteroatoms. The summed E-state index contributed by atoms with van der Waals surface area (Å²) in [5, 5.41) is 5.86. The fraction of sp³-hybridized carbons (Fsp3) is 0.692. The van der Waals surface area contributed by atoms with Crippen molar-refractivity contribution < 1.29 is 0 Å². The molecule has 0 amide bonds. The number of nitrogens with one attached hydrogen (secondary N) is 1. The molecule has 0 bridgehead atoms. The van der Waals surface area contributed by atoms with E-state index in [1.165, 1.54) is 45.3 Å². The zero-order valence-electron chi connectivity index (χ0n) is 9.74. The summed E-state index contributed by atoms with van der Waals surface area (Å²) < 4.78 is 0. The highest BCUT2D eigenvalue weighted by atomic mass is 32.1. The van der Waals surface area contributed by atoms with Crippen LogP contribution in [0.25, 0.3) is 0 Å². The Morgan fingerprint density at radius 3 is 2.88 bits per heavy atom. The van der Waals surface area contributed by atoms with Crippen LogP contribution in [-0.2, 0) is 13.1 Å². The lowest BCUT2D eigenvalue weighted by Crippen LogP contribution is -2.20. The number of hydrogen-bond donors (Lipinski definition) is 1. The SMILES string of the molecule is c1cc(CN2CCCC2)c(CNC2CC2)s1. The maximum absolute atomic E-state index is 3.62. The van der Waals surface area contributed by atoms with E-state index in [0.29, 0.717) is 0 Å². The molecular formula is C13H20N2S. The van der Waals surface area contributed by atoms with E-state index in [1.54, 1.807) is 10.4 Å². The van der Waals surface area contributed by atoms with Gasteiger partial charge in [0, 0.05) is 24.0 Å². The third kappa shape index (κ3) is 2.65. The highest BCUT2D eigenvalue weighted by Gasteiger charge is 2.21. The molecule has 2 aliphatic rings. The van der Waals surface area contributed by atoms with E-state index < -0.39 is 0 Å². The van der Waals surface area contributed by atoms with Gasteiger partial charge in [0.25, 0.3) is 0 Å². The average molecular weight is 236 g/mol. The molecule has 0 aromatic carbocycles. The second kappa shape index (κ2) is 4.86. The van der Waals surface area contributed by atoms with Crippen molar-refractivity contribution in [1.29, 1.82) is 0 Å². The van der Waals surface area contributed by atoms with Crippen molar-refractivity contribution in [3.05, 3.63) is 21.9 Å². The number of nitrogens with zero attached hydrogens (tertiary/aromatic N) is 1. The first-order valence-corrected chi connectivity index (χ1v) is 7.31. The van der Waals surface area contributed by atoms with Crippen LogP contribution >= 0.6 is 11.3 Å². The largest absolute Gasteiger partial charge is 0.309 e. The topological polar surface area (TPSA) is 15.3 Å². The van der Waals surface area contributed by atoms with Gasteiger partial charge in [0.1, 0.15) is 0 Å². The van der Waals surface area contributed by atoms with Crippen molar-refractivity contribution in [3.8, 4) is 0 Å². The number of thiophene rings is 1. The van der Waals surface area contributed by atoms with E-state index in [1.807, 2.05) is 11.3 Å². The zero-order valence-corrected chi connectivity index (χ0v) is 10.6. The van der Waals surface area contributed by atoms with Crippen molar-refractivity contribution in [2.75, 3.05) is 13.1 Å². The molecular weight excluding hydrogens is 216 g/mol. The second-order valence-corrected chi connectivity index (χ2v) is 6.01. The maximum atomic E-state index is 3.62. The third-order valence-electron chi connectivity index (χ3n) is 3.56. The summed E-state index contributed by atoms with van der Waals surface area (Å²) in [5.41, 5.74) is 1.56. The van der Waals surface area contributed by atoms with Gasteiger partial charge in [0.2, 0.25) is 0 Å². The van der Waals surface area contributed by atoms with Gasteiger partial charge in [-0.25, -0.2) is 0 Å². The fourth-order valence-electron chi connectivity index (χ4n) is 2.37. The Bertz CT molecular complexity index is 337. The fourth-order valence-corrected chi connectivity index (χ4v) is 3.22. The van der Waals surface area contributed by atoms with E-state index in [4.69, 9.17) is 0 Å². The van der Waals surface area contributed by atoms with E-state index in [-0.39, 0.29) is 0 Å². The van der Waals surface area contributed by atoms with Crippen molar-refractivity contribution in [1.82, 2.24) is 10.2 Å². The molecule has 1 aromatic heterocycles. The molecule has 2 fully saturated rings. The minimum atomic E-state index is 0.821. The Kier molecular flexibility index (Phi) is 3.27. The van der Waals surface area contributed by atoms with Crippen molar-refractivity contribution in [2.24, 2.45) is 0 Å². The lowest BCUT2D eigenvalue weighted by Gasteiger charge is -2.15. The van der Waals surface area contributed by atoms with Gasteiger partial charge < -0.3 is 5.32 Å². The lowest BCUT2D eigenvalue weighted by atomic mass is 10.2. The van der Waals surface area contributed by atoms with Crippen LogP contribution in [0.2, 0.25) is 0 Å². The number of likely N-dealkylation sites (tertiary alicyclic amines) is 1. The van der Waals surface area contributed by atoms with E-state index in [0.717, 1.165) is 12.6 Å². The van der Waals surface area contributed by atoms with Gasteiger partial charge in [-0.15, -0.1) is 11.3 Å². The van der Waals surface area contributed by atoms with Crippen LogP contribution < -0.4 is 5.32 Å². The first kappa shape index (κ1) is 10.8. The number of hydrogen-bond acceptors (Lipinski definition) is 3. The number of rotatable bonds is 5. The van der Waals surface area contributed by atoms with Gasteiger partial charge in [-0.1, -0.05) is 0 Å². The maximum Gasteiger partial charge on any atom is 0.0305 e. The van der Waals surface area contributed by atoms with Crippen LogP contribution in [0.1, 0.15) is 36.1 Å². The molecule has 16 heavy (non-hydrogen) atoms. The Balaban J connectivity index is 1.57. The first-order chi connectivity index (χ1) is 7.92. The van der Waals surface area contributed by atoms with Gasteiger partial charge >= 0.3 is 0 Å². The molecule has 1 saturated heterocycles. The Labute approximate surface area is 102 Å². The van der Waals surface area contributed by atoms with Crippen LogP contribution in [0.3, 0.4) is 0 Å². The molecule has 1 saturated carbocycles. The molecule has 88 valence electrons. The molecule has 1 aliphatic carbocycles. The highest BCUT2D eigenvalue weighted by Crippen LogP contribution is 2.23. The molecule has 0 unspecified atom stereocenters. The smallest absolute Gasteiger partial charge is 0.0305 e. The summed E-state index contributed by atoms with van der Waals surface area (Å²) in [6.07, 6.45) is 5.54. The average Bonchev–Trinajstić information content (AvgIpc) is 2.79. The Hall–Kier alpha value is -0.380. The Morgan fingerprint density at radius 1 is 1.31 bits per heavy atom. The molecule has 0 radical (unpaired) electrons. The van der Waals surface area contributed by atoms with Crippen LogP contribution in [-0.4, -0.2) is 24.0 Å². The normalized spacial score (nSPS) is 21.8. The van der Waals surface area contributed by atoms with Crippen LogP contribution in [0.4, 0.5) is 0 Å². The van der Waals surface area contributed by atoms with Gasteiger partial charge in [-0.2, -0.15) is 0 Å². The van der Waals surface area contributed by atoms with Gasteiger partial charge in [0.15, 0.2) is 0 Å². The molecule has 2 heterocycles. The van der Waals surface area contributed by atoms with Crippen molar-refractivity contribution in [3.63, 3.8) is 0 Å². The minimum absolute atomic E-state index is 0.821. The molecule has 0 spiro atoms. The molecule has 0 atom stereocenters. The van der Waals surface area contributed by atoms with Crippen LogP contribution in [0.15, 0.2) is 11.4 Å². The van der Waals surface area contributed by atoms with Gasteiger partial charge in [0.05, 0.1) is 0 Å². The van der Waals surface area contributed by atoms with Crippen LogP contribution in [0, 0.1) is 0 Å². The van der Waals surface area contributed by atoms with Crippen molar-refractivity contribution in [2.45, 2.75) is 44.8 Å². The summed E-state index contributed by atoms with van der Waals surface area (Å²) in [5.74, 6) is 0. The van der Waals surface area contributed by atoms with Gasteiger partial charge in [-0.3, -0.25) is 4.90 Å². The summed E-state index contributed by atoms with van der Waals surface area (Å²) in [4.78, 5) is 4.14. The van der Waals surface area contributed by atoms with Crippen molar-refractivity contribution >= 4 is 11.3 Å². The summed E-state index contributed by atoms with van der Waals surface area (Å²) in [6.45, 7) is 4.85. The van der Waals surface area contributed by atoms with E-state index in [2.05, 4.69) is 21.7 Å².